The molecule has 9 heteroatoms. The number of sulfonamides is 1. The molecular weight excluding hydrogens is 381 g/mol. The quantitative estimate of drug-likeness (QED) is 0.861. The van der Waals surface area contributed by atoms with Gasteiger partial charge >= 0.3 is 6.18 Å². The van der Waals surface area contributed by atoms with Crippen LogP contribution in [0.4, 0.5) is 18.9 Å². The third-order valence-corrected chi connectivity index (χ3v) is 6.01. The first kappa shape index (κ1) is 19.2. The monoisotopic (exact) mass is 398 g/mol. The molecule has 2 aromatic carbocycles. The van der Waals surface area contributed by atoms with Gasteiger partial charge in [0.25, 0.3) is 15.9 Å². The number of anilines is 1. The maximum Gasteiger partial charge on any atom is 0.405 e. The Kier molecular flexibility index (Phi) is 5.14. The van der Waals surface area contributed by atoms with Crippen molar-refractivity contribution in [1.82, 2.24) is 5.32 Å². The van der Waals surface area contributed by atoms with Crippen LogP contribution in [-0.2, 0) is 16.4 Å². The van der Waals surface area contributed by atoms with Crippen LogP contribution in [0.1, 0.15) is 22.3 Å². The molecule has 0 atom stereocenters. The van der Waals surface area contributed by atoms with E-state index in [1.54, 1.807) is 17.4 Å². The summed E-state index contributed by atoms with van der Waals surface area (Å²) in [5.41, 5.74) is 1.34. The zero-order valence-electron chi connectivity index (χ0n) is 14.2. The minimum absolute atomic E-state index is 0.140. The van der Waals surface area contributed by atoms with Gasteiger partial charge in [-0.3, -0.25) is 9.10 Å². The van der Waals surface area contributed by atoms with Crippen molar-refractivity contribution < 1.29 is 26.4 Å². The summed E-state index contributed by atoms with van der Waals surface area (Å²) >= 11 is 0. The summed E-state index contributed by atoms with van der Waals surface area (Å²) in [7, 11) is -3.94. The lowest BCUT2D eigenvalue weighted by atomic mass is 10.0. The van der Waals surface area contributed by atoms with Crippen LogP contribution in [0.15, 0.2) is 53.4 Å². The zero-order valence-corrected chi connectivity index (χ0v) is 15.0. The summed E-state index contributed by atoms with van der Waals surface area (Å²) in [6, 6.07) is 12.2. The largest absolute Gasteiger partial charge is 0.405 e. The normalized spacial score (nSPS) is 14.6. The second-order valence-electron chi connectivity index (χ2n) is 6.14. The van der Waals surface area contributed by atoms with Crippen LogP contribution < -0.4 is 9.62 Å². The average molecular weight is 398 g/mol. The second kappa shape index (κ2) is 7.22. The van der Waals surface area contributed by atoms with Crippen molar-refractivity contribution in [2.45, 2.75) is 23.9 Å². The standard InChI is InChI=1S/C18H17F3N2O3S/c19-18(20,21)12-22-17(24)14-6-3-8-15(11-14)27(25,26)23-10-4-7-13-5-1-2-9-16(13)23/h1-3,5-6,8-9,11H,4,7,10,12H2,(H,22,24). The lowest BCUT2D eigenvalue weighted by Gasteiger charge is -2.30. The molecule has 1 aliphatic rings. The van der Waals surface area contributed by atoms with Gasteiger partial charge in [0.15, 0.2) is 0 Å². The van der Waals surface area contributed by atoms with Gasteiger partial charge in [-0.25, -0.2) is 8.42 Å². The van der Waals surface area contributed by atoms with Gasteiger partial charge in [-0.1, -0.05) is 24.3 Å². The number of carbonyl (C=O) groups excluding carboxylic acids is 1. The highest BCUT2D eigenvalue weighted by molar-refractivity contribution is 7.92. The number of para-hydroxylation sites is 1. The molecule has 1 N–H and O–H groups in total. The van der Waals surface area contributed by atoms with Crippen molar-refractivity contribution in [2.24, 2.45) is 0 Å². The van der Waals surface area contributed by atoms with Gasteiger partial charge < -0.3 is 5.32 Å². The molecule has 0 fully saturated rings. The van der Waals surface area contributed by atoms with Crippen LogP contribution >= 0.6 is 0 Å². The first-order valence-electron chi connectivity index (χ1n) is 8.24. The molecule has 0 saturated heterocycles. The highest BCUT2D eigenvalue weighted by Gasteiger charge is 2.30. The number of amides is 1. The number of carbonyl (C=O) groups is 1. The molecule has 0 aromatic heterocycles. The van der Waals surface area contributed by atoms with E-state index in [0.29, 0.717) is 18.7 Å². The number of aryl methyl sites for hydroxylation is 1. The van der Waals surface area contributed by atoms with Gasteiger partial charge in [-0.15, -0.1) is 0 Å². The Hall–Kier alpha value is -2.55. The number of hydrogen-bond donors (Lipinski definition) is 1. The molecule has 0 bridgehead atoms. The van der Waals surface area contributed by atoms with Gasteiger partial charge in [0.1, 0.15) is 6.54 Å². The van der Waals surface area contributed by atoms with E-state index < -0.39 is 28.7 Å². The summed E-state index contributed by atoms with van der Waals surface area (Å²) in [6.07, 6.45) is -3.12. The van der Waals surface area contributed by atoms with E-state index >= 15 is 0 Å². The molecule has 2 aromatic rings. The number of benzene rings is 2. The summed E-state index contributed by atoms with van der Waals surface area (Å²) in [5, 5.41) is 1.74. The Morgan fingerprint density at radius 2 is 1.85 bits per heavy atom. The van der Waals surface area contributed by atoms with Crippen LogP contribution in [0.3, 0.4) is 0 Å². The predicted molar refractivity (Wildman–Crippen MR) is 94.1 cm³/mol. The minimum atomic E-state index is -4.54. The molecule has 0 aliphatic carbocycles. The molecule has 0 radical (unpaired) electrons. The van der Waals surface area contributed by atoms with Gasteiger partial charge in [0.2, 0.25) is 0 Å². The van der Waals surface area contributed by atoms with Gasteiger partial charge in [-0.2, -0.15) is 13.2 Å². The van der Waals surface area contributed by atoms with E-state index in [1.165, 1.54) is 22.5 Å². The summed E-state index contributed by atoms with van der Waals surface area (Å²) in [5.74, 6) is -0.983. The van der Waals surface area contributed by atoms with Gasteiger partial charge in [-0.05, 0) is 42.7 Å². The van der Waals surface area contributed by atoms with E-state index in [2.05, 4.69) is 0 Å². The fourth-order valence-corrected chi connectivity index (χ4v) is 4.54. The molecule has 5 nitrogen and oxygen atoms in total. The molecule has 0 saturated carbocycles. The maximum atomic E-state index is 13.1. The Bertz CT molecular complexity index is 958. The van der Waals surface area contributed by atoms with Crippen LogP contribution in [0, 0.1) is 0 Å². The van der Waals surface area contributed by atoms with Crippen molar-refractivity contribution >= 4 is 21.6 Å². The highest BCUT2D eigenvalue weighted by atomic mass is 32.2. The summed E-state index contributed by atoms with van der Waals surface area (Å²) in [4.78, 5) is 11.8. The first-order chi connectivity index (χ1) is 12.7. The number of halogens is 3. The number of alkyl halides is 3. The van der Waals surface area contributed by atoms with Crippen LogP contribution in [0.25, 0.3) is 0 Å². The zero-order chi connectivity index (χ0) is 19.7. The highest BCUT2D eigenvalue weighted by Crippen LogP contribution is 2.31. The van der Waals surface area contributed by atoms with Crippen LogP contribution in [0.5, 0.6) is 0 Å². The molecular formula is C18H17F3N2O3S. The van der Waals surface area contributed by atoms with Crippen molar-refractivity contribution in [1.29, 1.82) is 0 Å². The SMILES string of the molecule is O=C(NCC(F)(F)F)c1cccc(S(=O)(=O)N2CCCc3ccccc32)c1. The maximum absolute atomic E-state index is 13.1. The second-order valence-corrected chi connectivity index (χ2v) is 8.00. The average Bonchev–Trinajstić information content (AvgIpc) is 2.65. The topological polar surface area (TPSA) is 66.5 Å². The number of nitrogens with one attached hydrogen (secondary N) is 1. The lowest BCUT2D eigenvalue weighted by molar-refractivity contribution is -0.123. The number of rotatable bonds is 4. The first-order valence-corrected chi connectivity index (χ1v) is 9.68. The Labute approximate surface area is 154 Å². The van der Waals surface area contributed by atoms with Crippen molar-refractivity contribution in [3.8, 4) is 0 Å². The third kappa shape index (κ3) is 4.24. The van der Waals surface area contributed by atoms with Gasteiger partial charge in [0.05, 0.1) is 10.6 Å². The summed E-state index contributed by atoms with van der Waals surface area (Å²) < 4.78 is 64.2. The van der Waals surface area contributed by atoms with E-state index in [9.17, 15) is 26.4 Å². The lowest BCUT2D eigenvalue weighted by Crippen LogP contribution is -2.36. The van der Waals surface area contributed by atoms with Gasteiger partial charge in [0, 0.05) is 12.1 Å². The summed E-state index contributed by atoms with van der Waals surface area (Å²) in [6.45, 7) is -1.19. The predicted octanol–water partition coefficient (Wildman–Crippen LogP) is 3.12. The van der Waals surface area contributed by atoms with Crippen molar-refractivity contribution in [3.63, 3.8) is 0 Å². The Morgan fingerprint density at radius 1 is 1.11 bits per heavy atom. The minimum Gasteiger partial charge on any atom is -0.343 e. The smallest absolute Gasteiger partial charge is 0.343 e. The molecule has 27 heavy (non-hydrogen) atoms. The van der Waals surface area contributed by atoms with Crippen LogP contribution in [0.2, 0.25) is 0 Å². The molecule has 1 amide bonds. The third-order valence-electron chi connectivity index (χ3n) is 4.20. The van der Waals surface area contributed by atoms with E-state index in [1.807, 2.05) is 12.1 Å². The fourth-order valence-electron chi connectivity index (χ4n) is 2.96. The van der Waals surface area contributed by atoms with E-state index in [4.69, 9.17) is 0 Å². The number of nitrogens with zero attached hydrogens (tertiary/aromatic N) is 1. The van der Waals surface area contributed by atoms with E-state index in [0.717, 1.165) is 18.1 Å². The molecule has 1 aliphatic heterocycles. The molecule has 1 heterocycles. The van der Waals surface area contributed by atoms with Crippen molar-refractivity contribution in [3.05, 3.63) is 59.7 Å². The Morgan fingerprint density at radius 3 is 2.59 bits per heavy atom. The van der Waals surface area contributed by atoms with Crippen LogP contribution in [-0.4, -0.2) is 33.6 Å². The molecule has 0 unspecified atom stereocenters. The Balaban J connectivity index is 1.90. The van der Waals surface area contributed by atoms with Crippen molar-refractivity contribution in [2.75, 3.05) is 17.4 Å². The number of fused-ring (bicyclic) bond motifs is 1. The molecule has 0 spiro atoms. The fraction of sp³-hybridized carbons (Fsp3) is 0.278. The van der Waals surface area contributed by atoms with E-state index in [-0.39, 0.29) is 10.5 Å². The number of hydrogen-bond acceptors (Lipinski definition) is 3. The molecule has 144 valence electrons. The molecule has 3 rings (SSSR count).